The van der Waals surface area contributed by atoms with E-state index in [4.69, 9.17) is 4.42 Å². The van der Waals surface area contributed by atoms with Crippen molar-refractivity contribution in [2.24, 2.45) is 0 Å². The third-order valence-corrected chi connectivity index (χ3v) is 3.16. The maximum Gasteiger partial charge on any atom is 0.185 e. The van der Waals surface area contributed by atoms with Gasteiger partial charge in [-0.05, 0) is 36.8 Å². The number of hydrogen-bond acceptors (Lipinski definition) is 2. The van der Waals surface area contributed by atoms with Crippen LogP contribution in [0.3, 0.4) is 0 Å². The van der Waals surface area contributed by atoms with Crippen LogP contribution in [0, 0.1) is 6.92 Å². The minimum atomic E-state index is 0.373. The molecule has 1 aromatic carbocycles. The van der Waals surface area contributed by atoms with Crippen LogP contribution in [-0.4, -0.2) is 10.9 Å². The number of nitrogens with zero attached hydrogens (tertiary/aromatic N) is 1. The molecule has 0 fully saturated rings. The molecule has 90 valence electrons. The number of hydrogen-bond donors (Lipinski definition) is 0. The number of carbonyl (C=O) groups is 1. The summed E-state index contributed by atoms with van der Waals surface area (Å²) in [5, 5.41) is 1.25. The highest BCUT2D eigenvalue weighted by atomic mass is 16.3. The second-order valence-electron chi connectivity index (χ2n) is 4.37. The lowest BCUT2D eigenvalue weighted by molar-refractivity contribution is 0.109. The van der Waals surface area contributed by atoms with E-state index in [9.17, 15) is 4.79 Å². The van der Waals surface area contributed by atoms with Crippen LogP contribution in [0.5, 0.6) is 0 Å². The first kappa shape index (κ1) is 10.8. The molecule has 0 bridgehead atoms. The molecule has 18 heavy (non-hydrogen) atoms. The summed E-state index contributed by atoms with van der Waals surface area (Å²) in [5.41, 5.74) is 2.44. The smallest absolute Gasteiger partial charge is 0.185 e. The number of aryl methyl sites for hydroxylation is 1. The molecule has 0 radical (unpaired) electrons. The van der Waals surface area contributed by atoms with Crippen molar-refractivity contribution in [3.8, 4) is 0 Å². The van der Waals surface area contributed by atoms with Crippen LogP contribution in [0.1, 0.15) is 21.9 Å². The molecule has 0 aliphatic carbocycles. The number of aromatic nitrogens is 1. The predicted octanol–water partition coefficient (Wildman–Crippen LogP) is 3.40. The van der Waals surface area contributed by atoms with E-state index in [0.717, 1.165) is 12.0 Å². The lowest BCUT2D eigenvalue weighted by atomic mass is 10.1. The van der Waals surface area contributed by atoms with E-state index < -0.39 is 0 Å². The SMILES string of the molecule is Cc1cccc2c1ccn2Cc1ccc(C=O)o1. The molecule has 0 atom stereocenters. The number of carbonyl (C=O) groups excluding carboxylic acids is 1. The Morgan fingerprint density at radius 1 is 1.22 bits per heavy atom. The fraction of sp³-hybridized carbons (Fsp3) is 0.133. The Morgan fingerprint density at radius 3 is 2.89 bits per heavy atom. The molecule has 0 aliphatic heterocycles. The van der Waals surface area contributed by atoms with E-state index in [1.54, 1.807) is 6.07 Å². The highest BCUT2D eigenvalue weighted by Gasteiger charge is 2.06. The van der Waals surface area contributed by atoms with Crippen LogP contribution in [0.4, 0.5) is 0 Å². The Labute approximate surface area is 105 Å². The first-order valence-electron chi connectivity index (χ1n) is 5.86. The highest BCUT2D eigenvalue weighted by Crippen LogP contribution is 2.21. The topological polar surface area (TPSA) is 35.1 Å². The summed E-state index contributed by atoms with van der Waals surface area (Å²) in [6, 6.07) is 11.9. The van der Waals surface area contributed by atoms with Gasteiger partial charge in [-0.1, -0.05) is 12.1 Å². The molecule has 3 heteroatoms. The van der Waals surface area contributed by atoms with Crippen LogP contribution in [0.25, 0.3) is 10.9 Å². The van der Waals surface area contributed by atoms with Gasteiger partial charge in [-0.15, -0.1) is 0 Å². The van der Waals surface area contributed by atoms with Crippen LogP contribution in [0.15, 0.2) is 47.0 Å². The molecular formula is C15H13NO2. The van der Waals surface area contributed by atoms with Crippen LogP contribution in [-0.2, 0) is 6.54 Å². The van der Waals surface area contributed by atoms with Gasteiger partial charge in [0.05, 0.1) is 6.54 Å². The fourth-order valence-electron chi connectivity index (χ4n) is 2.23. The van der Waals surface area contributed by atoms with Gasteiger partial charge in [-0.3, -0.25) is 4.79 Å². The van der Waals surface area contributed by atoms with Gasteiger partial charge in [-0.2, -0.15) is 0 Å². The predicted molar refractivity (Wildman–Crippen MR) is 69.9 cm³/mol. The number of furan rings is 1. The fourth-order valence-corrected chi connectivity index (χ4v) is 2.23. The molecule has 0 saturated heterocycles. The normalized spacial score (nSPS) is 10.9. The molecule has 0 aliphatic rings. The zero-order chi connectivity index (χ0) is 12.5. The van der Waals surface area contributed by atoms with Gasteiger partial charge < -0.3 is 8.98 Å². The molecule has 0 N–H and O–H groups in total. The van der Waals surface area contributed by atoms with Crippen molar-refractivity contribution in [3.05, 3.63) is 59.7 Å². The molecule has 2 aromatic heterocycles. The van der Waals surface area contributed by atoms with Gasteiger partial charge in [0.25, 0.3) is 0 Å². The third kappa shape index (κ3) is 1.74. The lowest BCUT2D eigenvalue weighted by Gasteiger charge is -2.03. The van der Waals surface area contributed by atoms with Crippen molar-refractivity contribution in [1.82, 2.24) is 4.57 Å². The van der Waals surface area contributed by atoms with Gasteiger partial charge in [-0.25, -0.2) is 0 Å². The molecule has 2 heterocycles. The summed E-state index contributed by atoms with van der Waals surface area (Å²) < 4.78 is 7.52. The van der Waals surface area contributed by atoms with E-state index in [2.05, 4.69) is 29.7 Å². The van der Waals surface area contributed by atoms with Crippen LogP contribution in [0.2, 0.25) is 0 Å². The van der Waals surface area contributed by atoms with E-state index in [-0.39, 0.29) is 0 Å². The molecular weight excluding hydrogens is 226 g/mol. The second kappa shape index (κ2) is 4.18. The van der Waals surface area contributed by atoms with Crippen molar-refractivity contribution in [1.29, 1.82) is 0 Å². The van der Waals surface area contributed by atoms with E-state index in [0.29, 0.717) is 12.3 Å². The van der Waals surface area contributed by atoms with Gasteiger partial charge in [0, 0.05) is 17.1 Å². The standard InChI is InChI=1S/C15H13NO2/c1-11-3-2-4-15-14(11)7-8-16(15)9-12-5-6-13(10-17)18-12/h2-8,10H,9H2,1H3. The van der Waals surface area contributed by atoms with E-state index in [1.165, 1.54) is 16.5 Å². The highest BCUT2D eigenvalue weighted by molar-refractivity contribution is 5.83. The number of fused-ring (bicyclic) bond motifs is 1. The van der Waals surface area contributed by atoms with Crippen molar-refractivity contribution >= 4 is 17.2 Å². The van der Waals surface area contributed by atoms with Crippen molar-refractivity contribution in [3.63, 3.8) is 0 Å². The summed E-state index contributed by atoms with van der Waals surface area (Å²) in [5.74, 6) is 1.16. The Kier molecular flexibility index (Phi) is 2.52. The second-order valence-corrected chi connectivity index (χ2v) is 4.37. The molecule has 0 amide bonds. The molecule has 0 spiro atoms. The van der Waals surface area contributed by atoms with Crippen molar-refractivity contribution in [2.75, 3.05) is 0 Å². The third-order valence-electron chi connectivity index (χ3n) is 3.16. The minimum Gasteiger partial charge on any atom is -0.456 e. The van der Waals surface area contributed by atoms with Gasteiger partial charge in [0.15, 0.2) is 12.0 Å². The monoisotopic (exact) mass is 239 g/mol. The Bertz CT molecular complexity index is 706. The molecule has 0 saturated carbocycles. The Hall–Kier alpha value is -2.29. The first-order valence-corrected chi connectivity index (χ1v) is 5.86. The van der Waals surface area contributed by atoms with Crippen molar-refractivity contribution in [2.45, 2.75) is 13.5 Å². The zero-order valence-electron chi connectivity index (χ0n) is 10.1. The van der Waals surface area contributed by atoms with Gasteiger partial charge in [0.2, 0.25) is 0 Å². The summed E-state index contributed by atoms with van der Waals surface area (Å²) in [4.78, 5) is 10.6. The molecule has 0 unspecified atom stereocenters. The first-order chi connectivity index (χ1) is 8.78. The molecule has 3 nitrogen and oxygen atoms in total. The van der Waals surface area contributed by atoms with Crippen molar-refractivity contribution < 1.29 is 9.21 Å². The Morgan fingerprint density at radius 2 is 2.11 bits per heavy atom. The lowest BCUT2D eigenvalue weighted by Crippen LogP contribution is -1.96. The van der Waals surface area contributed by atoms with Gasteiger partial charge >= 0.3 is 0 Å². The maximum absolute atomic E-state index is 10.6. The number of aldehydes is 1. The van der Waals surface area contributed by atoms with E-state index >= 15 is 0 Å². The van der Waals surface area contributed by atoms with E-state index in [1.807, 2.05) is 18.3 Å². The summed E-state index contributed by atoms with van der Waals surface area (Å²) in [6.07, 6.45) is 2.77. The number of rotatable bonds is 3. The molecule has 3 aromatic rings. The zero-order valence-corrected chi connectivity index (χ0v) is 10.1. The van der Waals surface area contributed by atoms with Crippen LogP contribution >= 0.6 is 0 Å². The summed E-state index contributed by atoms with van der Waals surface area (Å²) in [6.45, 7) is 2.74. The average Bonchev–Trinajstić information content (AvgIpc) is 2.98. The number of benzene rings is 1. The Balaban J connectivity index is 2.00. The quantitative estimate of drug-likeness (QED) is 0.656. The summed E-state index contributed by atoms with van der Waals surface area (Å²) in [7, 11) is 0. The van der Waals surface area contributed by atoms with Crippen LogP contribution < -0.4 is 0 Å². The maximum atomic E-state index is 10.6. The van der Waals surface area contributed by atoms with Gasteiger partial charge in [0.1, 0.15) is 5.76 Å². The summed E-state index contributed by atoms with van der Waals surface area (Å²) >= 11 is 0. The largest absolute Gasteiger partial charge is 0.456 e. The average molecular weight is 239 g/mol. The molecule has 3 rings (SSSR count). The minimum absolute atomic E-state index is 0.373.